The van der Waals surface area contributed by atoms with Gasteiger partial charge >= 0.3 is 0 Å². The summed E-state index contributed by atoms with van der Waals surface area (Å²) < 4.78 is 1.99. The number of nitrogens with one attached hydrogen (secondary N) is 1. The highest BCUT2D eigenvalue weighted by Crippen LogP contribution is 2.17. The average molecular weight is 244 g/mol. The van der Waals surface area contributed by atoms with Gasteiger partial charge in [-0.25, -0.2) is 4.68 Å². The number of nitrogens with zero attached hydrogens (tertiary/aromatic N) is 3. The summed E-state index contributed by atoms with van der Waals surface area (Å²) in [4.78, 5) is 4.04. The molecule has 0 aliphatic carbocycles. The number of pyridine rings is 1. The number of hydrogen-bond donors (Lipinski definition) is 1. The number of hydrogen-bond acceptors (Lipinski definition) is 3. The largest absolute Gasteiger partial charge is 0.313 e. The van der Waals surface area contributed by atoms with Crippen LogP contribution >= 0.6 is 0 Å². The minimum absolute atomic E-state index is 0.886. The molecule has 0 atom stereocenters. The van der Waals surface area contributed by atoms with Crippen molar-refractivity contribution >= 4 is 0 Å². The number of aromatic nitrogens is 3. The molecule has 0 aromatic carbocycles. The van der Waals surface area contributed by atoms with Crippen molar-refractivity contribution in [2.24, 2.45) is 0 Å². The van der Waals surface area contributed by atoms with Gasteiger partial charge in [-0.15, -0.1) is 0 Å². The van der Waals surface area contributed by atoms with E-state index in [2.05, 4.69) is 36.2 Å². The van der Waals surface area contributed by atoms with Crippen LogP contribution in [0.15, 0.2) is 24.5 Å². The zero-order valence-corrected chi connectivity index (χ0v) is 11.3. The number of rotatable bonds is 5. The molecule has 0 aliphatic heterocycles. The topological polar surface area (TPSA) is 42.7 Å². The van der Waals surface area contributed by atoms with Crippen LogP contribution in [0.4, 0.5) is 0 Å². The second-order valence-corrected chi connectivity index (χ2v) is 4.44. The van der Waals surface area contributed by atoms with Crippen LogP contribution in [-0.4, -0.2) is 21.3 Å². The molecular weight excluding hydrogens is 224 g/mol. The van der Waals surface area contributed by atoms with Crippen LogP contribution in [0, 0.1) is 13.8 Å². The minimum Gasteiger partial charge on any atom is -0.313 e. The molecule has 0 unspecified atom stereocenters. The summed E-state index contributed by atoms with van der Waals surface area (Å²) in [5.41, 5.74) is 4.64. The summed E-state index contributed by atoms with van der Waals surface area (Å²) in [5, 5.41) is 8.04. The van der Waals surface area contributed by atoms with Crippen molar-refractivity contribution in [3.8, 4) is 5.69 Å². The van der Waals surface area contributed by atoms with Gasteiger partial charge in [-0.1, -0.05) is 6.92 Å². The van der Waals surface area contributed by atoms with E-state index in [1.165, 1.54) is 11.3 Å². The third-order valence-electron chi connectivity index (χ3n) is 3.08. The van der Waals surface area contributed by atoms with E-state index < -0.39 is 0 Å². The van der Waals surface area contributed by atoms with Gasteiger partial charge < -0.3 is 5.32 Å². The molecule has 96 valence electrons. The van der Waals surface area contributed by atoms with Crippen molar-refractivity contribution < 1.29 is 0 Å². The van der Waals surface area contributed by atoms with Gasteiger partial charge in [-0.2, -0.15) is 5.10 Å². The number of aryl methyl sites for hydroxylation is 1. The lowest BCUT2D eigenvalue weighted by Gasteiger charge is -2.05. The Hall–Kier alpha value is -1.68. The smallest absolute Gasteiger partial charge is 0.0679 e. The van der Waals surface area contributed by atoms with Crippen molar-refractivity contribution in [1.82, 2.24) is 20.1 Å². The first-order valence-electron chi connectivity index (χ1n) is 6.40. The monoisotopic (exact) mass is 244 g/mol. The standard InChI is InChI=1S/C14H20N4/c1-4-7-16-10-14-11(2)17-18(12(14)3)13-5-8-15-9-6-13/h5-6,8-9,16H,4,7,10H2,1-3H3. The lowest BCUT2D eigenvalue weighted by atomic mass is 10.2. The highest BCUT2D eigenvalue weighted by molar-refractivity contribution is 5.35. The Balaban J connectivity index is 2.26. The first-order chi connectivity index (χ1) is 8.74. The molecule has 0 aliphatic rings. The molecule has 4 heteroatoms. The van der Waals surface area contributed by atoms with Gasteiger partial charge in [0, 0.05) is 30.2 Å². The maximum Gasteiger partial charge on any atom is 0.0679 e. The molecule has 0 fully saturated rings. The fourth-order valence-electron chi connectivity index (χ4n) is 2.06. The first-order valence-corrected chi connectivity index (χ1v) is 6.40. The summed E-state index contributed by atoms with van der Waals surface area (Å²) >= 11 is 0. The third kappa shape index (κ3) is 2.59. The molecule has 2 heterocycles. The molecule has 1 N–H and O–H groups in total. The molecule has 0 amide bonds. The molecule has 2 aromatic rings. The van der Waals surface area contributed by atoms with Crippen LogP contribution in [0.2, 0.25) is 0 Å². The minimum atomic E-state index is 0.886. The molecule has 0 radical (unpaired) electrons. The third-order valence-corrected chi connectivity index (χ3v) is 3.08. The van der Waals surface area contributed by atoms with Crippen molar-refractivity contribution in [2.75, 3.05) is 6.54 Å². The zero-order valence-electron chi connectivity index (χ0n) is 11.3. The van der Waals surface area contributed by atoms with Crippen LogP contribution in [-0.2, 0) is 6.54 Å². The Morgan fingerprint density at radius 3 is 2.61 bits per heavy atom. The van der Waals surface area contributed by atoms with Gasteiger partial charge in [0.1, 0.15) is 0 Å². The molecule has 0 saturated carbocycles. The van der Waals surface area contributed by atoms with E-state index in [0.717, 1.165) is 30.9 Å². The normalized spacial score (nSPS) is 10.8. The fraction of sp³-hybridized carbons (Fsp3) is 0.429. The maximum absolute atomic E-state index is 4.61. The van der Waals surface area contributed by atoms with Crippen LogP contribution in [0.3, 0.4) is 0 Å². The van der Waals surface area contributed by atoms with E-state index in [1.54, 1.807) is 12.4 Å². The van der Waals surface area contributed by atoms with Crippen molar-refractivity contribution in [1.29, 1.82) is 0 Å². The fourth-order valence-corrected chi connectivity index (χ4v) is 2.06. The molecule has 0 bridgehead atoms. The summed E-state index contributed by atoms with van der Waals surface area (Å²) in [6.07, 6.45) is 4.73. The predicted octanol–water partition coefficient (Wildman–Crippen LogP) is 2.38. The summed E-state index contributed by atoms with van der Waals surface area (Å²) in [5.74, 6) is 0. The SMILES string of the molecule is CCCNCc1c(C)nn(-c2ccncc2)c1C. The molecule has 0 spiro atoms. The molecule has 4 nitrogen and oxygen atoms in total. The maximum atomic E-state index is 4.61. The van der Waals surface area contributed by atoms with Gasteiger partial charge in [0.15, 0.2) is 0 Å². The summed E-state index contributed by atoms with van der Waals surface area (Å²) in [7, 11) is 0. The highest BCUT2D eigenvalue weighted by Gasteiger charge is 2.11. The molecule has 2 aromatic heterocycles. The zero-order chi connectivity index (χ0) is 13.0. The Bertz CT molecular complexity index is 502. The van der Waals surface area contributed by atoms with E-state index >= 15 is 0 Å². The highest BCUT2D eigenvalue weighted by atomic mass is 15.3. The Morgan fingerprint density at radius 1 is 1.22 bits per heavy atom. The summed E-state index contributed by atoms with van der Waals surface area (Å²) in [6.45, 7) is 8.28. The Labute approximate surface area is 108 Å². The van der Waals surface area contributed by atoms with E-state index in [-0.39, 0.29) is 0 Å². The van der Waals surface area contributed by atoms with Crippen LogP contribution in [0.5, 0.6) is 0 Å². The van der Waals surface area contributed by atoms with Crippen LogP contribution < -0.4 is 5.32 Å². The van der Waals surface area contributed by atoms with E-state index in [0.29, 0.717) is 0 Å². The van der Waals surface area contributed by atoms with Gasteiger partial charge in [-0.3, -0.25) is 4.98 Å². The first kappa shape index (κ1) is 12.8. The Morgan fingerprint density at radius 2 is 1.94 bits per heavy atom. The van der Waals surface area contributed by atoms with E-state index in [1.807, 2.05) is 16.8 Å². The van der Waals surface area contributed by atoms with Crippen molar-refractivity contribution in [3.63, 3.8) is 0 Å². The Kier molecular flexibility index (Phi) is 4.10. The van der Waals surface area contributed by atoms with E-state index in [9.17, 15) is 0 Å². The van der Waals surface area contributed by atoms with Crippen molar-refractivity contribution in [3.05, 3.63) is 41.5 Å². The van der Waals surface area contributed by atoms with Gasteiger partial charge in [0.25, 0.3) is 0 Å². The molecule has 0 saturated heterocycles. The van der Waals surface area contributed by atoms with Crippen molar-refractivity contribution in [2.45, 2.75) is 33.7 Å². The second kappa shape index (κ2) is 5.78. The quantitative estimate of drug-likeness (QED) is 0.821. The average Bonchev–Trinajstić information content (AvgIpc) is 2.68. The lowest BCUT2D eigenvalue weighted by molar-refractivity contribution is 0.670. The van der Waals surface area contributed by atoms with Gasteiger partial charge in [-0.05, 0) is 38.9 Å². The summed E-state index contributed by atoms with van der Waals surface area (Å²) in [6, 6.07) is 3.95. The molecule has 2 rings (SSSR count). The second-order valence-electron chi connectivity index (χ2n) is 4.44. The van der Waals surface area contributed by atoms with Gasteiger partial charge in [0.2, 0.25) is 0 Å². The predicted molar refractivity (Wildman–Crippen MR) is 72.8 cm³/mol. The molecule has 18 heavy (non-hydrogen) atoms. The lowest BCUT2D eigenvalue weighted by Crippen LogP contribution is -2.15. The van der Waals surface area contributed by atoms with Crippen LogP contribution in [0.25, 0.3) is 5.69 Å². The van der Waals surface area contributed by atoms with Crippen LogP contribution in [0.1, 0.15) is 30.3 Å². The van der Waals surface area contributed by atoms with E-state index in [4.69, 9.17) is 0 Å². The molecular formula is C14H20N4. The van der Waals surface area contributed by atoms with Gasteiger partial charge in [0.05, 0.1) is 11.4 Å².